The van der Waals surface area contributed by atoms with Crippen LogP contribution in [-0.4, -0.2) is 11.1 Å². The minimum atomic E-state index is -4.36. The van der Waals surface area contributed by atoms with Gasteiger partial charge in [-0.05, 0) is 27.6 Å². The fraction of sp³-hybridized carbons (Fsp3) is 0.250. The van der Waals surface area contributed by atoms with Crippen LogP contribution in [-0.2, 0) is 6.42 Å². The molecule has 0 saturated carbocycles. The quantitative estimate of drug-likeness (QED) is 0.616. The van der Waals surface area contributed by atoms with E-state index in [9.17, 15) is 23.3 Å². The standard InChI is InChI=1S/C8H5BrF3NO2/c9-6-2-1-5(4-8(10,11)12)3-7(6)13(14)15/h1-3H,4H2. The van der Waals surface area contributed by atoms with E-state index in [4.69, 9.17) is 0 Å². The Kier molecular flexibility index (Phi) is 3.33. The van der Waals surface area contributed by atoms with Crippen LogP contribution in [0.25, 0.3) is 0 Å². The van der Waals surface area contributed by atoms with Crippen molar-refractivity contribution in [2.24, 2.45) is 0 Å². The van der Waals surface area contributed by atoms with Gasteiger partial charge in [0.05, 0.1) is 15.8 Å². The van der Waals surface area contributed by atoms with Gasteiger partial charge in [-0.25, -0.2) is 0 Å². The van der Waals surface area contributed by atoms with Crippen molar-refractivity contribution in [1.29, 1.82) is 0 Å². The Hall–Kier alpha value is -1.11. The number of halogens is 4. The van der Waals surface area contributed by atoms with Crippen molar-refractivity contribution < 1.29 is 18.1 Å². The lowest BCUT2D eigenvalue weighted by atomic mass is 10.1. The molecule has 0 spiro atoms. The summed E-state index contributed by atoms with van der Waals surface area (Å²) in [5.41, 5.74) is -0.492. The summed E-state index contributed by atoms with van der Waals surface area (Å²) in [6, 6.07) is 3.35. The molecule has 0 bridgehead atoms. The molecule has 0 amide bonds. The van der Waals surface area contributed by atoms with Gasteiger partial charge >= 0.3 is 6.18 Å². The van der Waals surface area contributed by atoms with E-state index in [1.807, 2.05) is 0 Å². The zero-order valence-corrected chi connectivity index (χ0v) is 8.80. The highest BCUT2D eigenvalue weighted by Crippen LogP contribution is 2.28. The highest BCUT2D eigenvalue weighted by Gasteiger charge is 2.28. The van der Waals surface area contributed by atoms with Crippen molar-refractivity contribution in [3.63, 3.8) is 0 Å². The van der Waals surface area contributed by atoms with E-state index in [-0.39, 0.29) is 15.7 Å². The Morgan fingerprint density at radius 2 is 2.00 bits per heavy atom. The average Bonchev–Trinajstić information content (AvgIpc) is 2.05. The number of rotatable bonds is 2. The number of nitrogens with zero attached hydrogens (tertiary/aromatic N) is 1. The maximum atomic E-state index is 12.0. The van der Waals surface area contributed by atoms with Crippen LogP contribution in [0.4, 0.5) is 18.9 Å². The molecule has 15 heavy (non-hydrogen) atoms. The molecule has 0 atom stereocenters. The molecule has 0 radical (unpaired) electrons. The second-order valence-corrected chi connectivity index (χ2v) is 3.69. The van der Waals surface area contributed by atoms with Crippen LogP contribution in [0.1, 0.15) is 5.56 Å². The fourth-order valence-corrected chi connectivity index (χ4v) is 1.43. The lowest BCUT2D eigenvalue weighted by Crippen LogP contribution is -2.11. The Morgan fingerprint density at radius 3 is 2.47 bits per heavy atom. The molecule has 1 aromatic rings. The van der Waals surface area contributed by atoms with Crippen LogP contribution in [0.5, 0.6) is 0 Å². The SMILES string of the molecule is O=[N+]([O-])c1cc(CC(F)(F)F)ccc1Br. The Balaban J connectivity index is 3.03. The molecule has 0 fully saturated rings. The molecule has 0 aliphatic rings. The summed E-state index contributed by atoms with van der Waals surface area (Å²) in [5.74, 6) is 0. The average molecular weight is 284 g/mol. The Morgan fingerprint density at radius 1 is 1.40 bits per heavy atom. The minimum absolute atomic E-state index is 0.127. The molecule has 0 aromatic heterocycles. The monoisotopic (exact) mass is 283 g/mol. The molecule has 3 nitrogen and oxygen atoms in total. The normalized spacial score (nSPS) is 11.5. The van der Waals surface area contributed by atoms with Crippen molar-refractivity contribution in [3.05, 3.63) is 38.3 Å². The van der Waals surface area contributed by atoms with Gasteiger partial charge in [-0.1, -0.05) is 6.07 Å². The van der Waals surface area contributed by atoms with Crippen molar-refractivity contribution in [2.45, 2.75) is 12.6 Å². The van der Waals surface area contributed by atoms with Gasteiger partial charge in [-0.15, -0.1) is 0 Å². The first-order valence-electron chi connectivity index (χ1n) is 3.79. The number of hydrogen-bond acceptors (Lipinski definition) is 2. The van der Waals surface area contributed by atoms with Crippen molar-refractivity contribution in [3.8, 4) is 0 Å². The molecule has 0 N–H and O–H groups in total. The minimum Gasteiger partial charge on any atom is -0.258 e. The van der Waals surface area contributed by atoms with Crippen molar-refractivity contribution in [2.75, 3.05) is 0 Å². The third-order valence-electron chi connectivity index (χ3n) is 1.61. The molecule has 7 heteroatoms. The molecule has 0 aliphatic heterocycles. The van der Waals surface area contributed by atoms with Gasteiger partial charge in [-0.3, -0.25) is 10.1 Å². The first-order valence-corrected chi connectivity index (χ1v) is 4.58. The molecule has 1 rings (SSSR count). The molecule has 1 aromatic carbocycles. The molecular formula is C8H5BrF3NO2. The maximum absolute atomic E-state index is 12.0. The summed E-state index contributed by atoms with van der Waals surface area (Å²) in [5, 5.41) is 10.4. The number of nitro groups is 1. The number of hydrogen-bond donors (Lipinski definition) is 0. The van der Waals surface area contributed by atoms with Crippen LogP contribution in [0, 0.1) is 10.1 Å². The van der Waals surface area contributed by atoms with Crippen molar-refractivity contribution >= 4 is 21.6 Å². The van der Waals surface area contributed by atoms with Crippen molar-refractivity contribution in [1.82, 2.24) is 0 Å². The van der Waals surface area contributed by atoms with Crippen LogP contribution < -0.4 is 0 Å². The summed E-state index contributed by atoms with van der Waals surface area (Å²) in [4.78, 5) is 9.70. The zero-order valence-electron chi connectivity index (χ0n) is 7.21. The second kappa shape index (κ2) is 4.18. The van der Waals surface area contributed by atoms with Gasteiger partial charge in [0.15, 0.2) is 0 Å². The number of nitro benzene ring substituents is 1. The third kappa shape index (κ3) is 3.50. The highest BCUT2D eigenvalue weighted by molar-refractivity contribution is 9.10. The largest absolute Gasteiger partial charge is 0.393 e. The van der Waals surface area contributed by atoms with Gasteiger partial charge in [-0.2, -0.15) is 13.2 Å². The van der Waals surface area contributed by atoms with Gasteiger partial charge in [0.2, 0.25) is 0 Å². The van der Waals surface area contributed by atoms with Gasteiger partial charge in [0, 0.05) is 6.07 Å². The molecule has 0 unspecified atom stereocenters. The molecular weight excluding hydrogens is 279 g/mol. The predicted molar refractivity (Wildman–Crippen MR) is 50.6 cm³/mol. The smallest absolute Gasteiger partial charge is 0.258 e. The Labute approximate surface area is 91.2 Å². The summed E-state index contributed by atoms with van der Waals surface area (Å²) < 4.78 is 36.1. The van der Waals surface area contributed by atoms with E-state index in [0.717, 1.165) is 6.07 Å². The lowest BCUT2D eigenvalue weighted by molar-refractivity contribution is -0.385. The van der Waals surface area contributed by atoms with E-state index in [1.165, 1.54) is 12.1 Å². The van der Waals surface area contributed by atoms with E-state index < -0.39 is 17.5 Å². The van der Waals surface area contributed by atoms with Crippen LogP contribution in [0.15, 0.2) is 22.7 Å². The predicted octanol–water partition coefficient (Wildman–Crippen LogP) is 3.46. The lowest BCUT2D eigenvalue weighted by Gasteiger charge is -2.06. The first kappa shape index (κ1) is 12.0. The summed E-state index contributed by atoms with van der Waals surface area (Å²) in [6.07, 6.45) is -5.52. The summed E-state index contributed by atoms with van der Waals surface area (Å²) >= 11 is 2.89. The molecule has 82 valence electrons. The fourth-order valence-electron chi connectivity index (χ4n) is 1.04. The summed E-state index contributed by atoms with van der Waals surface area (Å²) in [7, 11) is 0. The molecule has 0 saturated heterocycles. The first-order chi connectivity index (χ1) is 6.79. The van der Waals surface area contributed by atoms with Crippen LogP contribution in [0.2, 0.25) is 0 Å². The molecule has 0 aliphatic carbocycles. The van der Waals surface area contributed by atoms with Crippen LogP contribution >= 0.6 is 15.9 Å². The number of alkyl halides is 3. The molecule has 0 heterocycles. The van der Waals surface area contributed by atoms with Crippen LogP contribution in [0.3, 0.4) is 0 Å². The topological polar surface area (TPSA) is 43.1 Å². The van der Waals surface area contributed by atoms with E-state index in [1.54, 1.807) is 0 Å². The van der Waals surface area contributed by atoms with E-state index in [0.29, 0.717) is 0 Å². The van der Waals surface area contributed by atoms with E-state index >= 15 is 0 Å². The zero-order chi connectivity index (χ0) is 11.6. The highest BCUT2D eigenvalue weighted by atomic mass is 79.9. The van der Waals surface area contributed by atoms with E-state index in [2.05, 4.69) is 15.9 Å². The van der Waals surface area contributed by atoms with Gasteiger partial charge in [0.1, 0.15) is 0 Å². The third-order valence-corrected chi connectivity index (χ3v) is 2.28. The van der Waals surface area contributed by atoms with Gasteiger partial charge in [0.25, 0.3) is 5.69 Å². The maximum Gasteiger partial charge on any atom is 0.393 e. The Bertz CT molecular complexity index is 392. The van der Waals surface area contributed by atoms with Gasteiger partial charge < -0.3 is 0 Å². The second-order valence-electron chi connectivity index (χ2n) is 2.83. The number of benzene rings is 1. The summed E-state index contributed by atoms with van der Waals surface area (Å²) in [6.45, 7) is 0.